The summed E-state index contributed by atoms with van der Waals surface area (Å²) in [5, 5.41) is 13.4. The molecule has 2 heterocycles. The third kappa shape index (κ3) is 4.41. The van der Waals surface area contributed by atoms with Crippen molar-refractivity contribution < 1.29 is 23.0 Å². The van der Waals surface area contributed by atoms with Gasteiger partial charge in [-0.2, -0.15) is 4.98 Å². The van der Waals surface area contributed by atoms with E-state index >= 15 is 0 Å². The molecule has 0 saturated carbocycles. The molecule has 0 aliphatic carbocycles. The van der Waals surface area contributed by atoms with E-state index in [2.05, 4.69) is 15.3 Å². The molecule has 2 aromatic heterocycles. The number of aliphatic hydroxyl groups excluding tert-OH is 1. The van der Waals surface area contributed by atoms with Crippen molar-refractivity contribution in [2.75, 3.05) is 25.8 Å². The molecule has 0 fully saturated rings. The summed E-state index contributed by atoms with van der Waals surface area (Å²) in [6.45, 7) is -0.186. The lowest BCUT2D eigenvalue weighted by atomic mass is 10.2. The summed E-state index contributed by atoms with van der Waals surface area (Å²) in [5.41, 5.74) is 1.97. The Morgan fingerprint density at radius 3 is 2.18 bits per heavy atom. The third-order valence-electron chi connectivity index (χ3n) is 3.84. The second-order valence-electron chi connectivity index (χ2n) is 5.81. The Kier molecular flexibility index (Phi) is 5.82. The van der Waals surface area contributed by atoms with Gasteiger partial charge < -0.3 is 19.9 Å². The molecule has 2 N–H and O–H groups in total. The van der Waals surface area contributed by atoms with E-state index in [0.717, 1.165) is 6.26 Å². The van der Waals surface area contributed by atoms with Crippen LogP contribution < -0.4 is 14.8 Å². The van der Waals surface area contributed by atoms with Crippen LogP contribution in [0.3, 0.4) is 0 Å². The molecule has 0 bridgehead atoms. The van der Waals surface area contributed by atoms with Gasteiger partial charge in [-0.05, 0) is 24.3 Å². The zero-order valence-electron chi connectivity index (χ0n) is 15.5. The van der Waals surface area contributed by atoms with Crippen LogP contribution in [0.5, 0.6) is 11.8 Å². The number of nitrogens with one attached hydrogen (secondary N) is 1. The Labute approximate surface area is 166 Å². The van der Waals surface area contributed by atoms with E-state index in [4.69, 9.17) is 9.47 Å². The lowest BCUT2D eigenvalue weighted by molar-refractivity contribution is 0.286. The van der Waals surface area contributed by atoms with Crippen molar-refractivity contribution >= 4 is 32.0 Å². The average Bonchev–Trinajstić information content (AvgIpc) is 3.10. The molecular formula is C18H19N3O5S2. The quantitative estimate of drug-likeness (QED) is 0.599. The van der Waals surface area contributed by atoms with Gasteiger partial charge >= 0.3 is 0 Å². The predicted molar refractivity (Wildman–Crippen MR) is 107 cm³/mol. The molecule has 28 heavy (non-hydrogen) atoms. The molecule has 0 aliphatic rings. The van der Waals surface area contributed by atoms with Gasteiger partial charge in [0.2, 0.25) is 11.8 Å². The van der Waals surface area contributed by atoms with E-state index in [0.29, 0.717) is 38.7 Å². The van der Waals surface area contributed by atoms with Crippen LogP contribution in [0.25, 0.3) is 11.3 Å². The number of hydrogen-bond donors (Lipinski definition) is 2. The molecule has 0 amide bonds. The van der Waals surface area contributed by atoms with Crippen molar-refractivity contribution in [1.82, 2.24) is 9.97 Å². The van der Waals surface area contributed by atoms with Gasteiger partial charge in [-0.15, -0.1) is 0 Å². The summed E-state index contributed by atoms with van der Waals surface area (Å²) in [6.07, 6.45) is 1.16. The third-order valence-corrected chi connectivity index (χ3v) is 5.93. The molecule has 1 aromatic carbocycles. The van der Waals surface area contributed by atoms with Gasteiger partial charge in [-0.3, -0.25) is 0 Å². The molecule has 8 nitrogen and oxygen atoms in total. The lowest BCUT2D eigenvalue weighted by Gasteiger charge is -2.06. The van der Waals surface area contributed by atoms with Gasteiger partial charge in [0, 0.05) is 29.6 Å². The number of rotatable bonds is 7. The van der Waals surface area contributed by atoms with Gasteiger partial charge in [0.1, 0.15) is 0 Å². The number of ether oxygens (including phenoxy) is 2. The van der Waals surface area contributed by atoms with Crippen molar-refractivity contribution in [3.63, 3.8) is 0 Å². The van der Waals surface area contributed by atoms with E-state index in [-0.39, 0.29) is 11.5 Å². The van der Waals surface area contributed by atoms with Gasteiger partial charge in [-0.1, -0.05) is 11.3 Å². The summed E-state index contributed by atoms with van der Waals surface area (Å²) < 4.78 is 33.5. The topological polar surface area (TPSA) is 111 Å². The smallest absolute Gasteiger partial charge is 0.216 e. The van der Waals surface area contributed by atoms with E-state index < -0.39 is 9.84 Å². The highest BCUT2D eigenvalue weighted by Gasteiger charge is 2.16. The van der Waals surface area contributed by atoms with Gasteiger partial charge in [0.25, 0.3) is 0 Å². The highest BCUT2D eigenvalue weighted by molar-refractivity contribution is 7.90. The number of pyridine rings is 1. The minimum absolute atomic E-state index is 0.186. The van der Waals surface area contributed by atoms with Crippen molar-refractivity contribution in [2.24, 2.45) is 0 Å². The van der Waals surface area contributed by atoms with E-state index in [1.807, 2.05) is 0 Å². The molecule has 0 spiro atoms. The number of aliphatic hydroxyl groups is 1. The summed E-state index contributed by atoms with van der Waals surface area (Å²) in [7, 11) is -0.238. The van der Waals surface area contributed by atoms with Crippen LogP contribution in [0.2, 0.25) is 0 Å². The van der Waals surface area contributed by atoms with Crippen LogP contribution in [-0.4, -0.2) is 44.0 Å². The lowest BCUT2D eigenvalue weighted by Crippen LogP contribution is -1.97. The standard InChI is InChI=1S/C18H19N3O5S2/c1-25-15-8-11(9-16(20-15)26-2)17-14(10-22)27-18(21-17)19-12-4-6-13(7-5-12)28(3,23)24/h4-9,22H,10H2,1-3H3,(H,19,21). The Bertz CT molecular complexity index is 1060. The summed E-state index contributed by atoms with van der Waals surface area (Å²) >= 11 is 1.29. The number of anilines is 2. The van der Waals surface area contributed by atoms with Crippen LogP contribution in [0, 0.1) is 0 Å². The zero-order chi connectivity index (χ0) is 20.3. The first-order chi connectivity index (χ1) is 13.3. The number of hydrogen-bond acceptors (Lipinski definition) is 9. The first kappa shape index (κ1) is 20.1. The Hall–Kier alpha value is -2.69. The molecule has 10 heteroatoms. The first-order valence-corrected chi connectivity index (χ1v) is 10.8. The van der Waals surface area contributed by atoms with Crippen molar-refractivity contribution in [2.45, 2.75) is 11.5 Å². The van der Waals surface area contributed by atoms with Crippen LogP contribution in [0.15, 0.2) is 41.3 Å². The van der Waals surface area contributed by atoms with E-state index in [1.54, 1.807) is 24.3 Å². The number of nitrogens with zero attached hydrogens (tertiary/aromatic N) is 2. The Morgan fingerprint density at radius 2 is 1.68 bits per heavy atom. The van der Waals surface area contributed by atoms with E-state index in [1.165, 1.54) is 37.7 Å². The fourth-order valence-corrected chi connectivity index (χ4v) is 3.97. The monoisotopic (exact) mass is 421 g/mol. The molecule has 0 radical (unpaired) electrons. The van der Waals surface area contributed by atoms with Crippen LogP contribution >= 0.6 is 11.3 Å². The molecule has 148 valence electrons. The van der Waals surface area contributed by atoms with Gasteiger partial charge in [0.15, 0.2) is 15.0 Å². The molecule has 0 aliphatic heterocycles. The Balaban J connectivity index is 1.93. The molecular weight excluding hydrogens is 402 g/mol. The molecule has 0 unspecified atom stereocenters. The molecule has 0 atom stereocenters. The van der Waals surface area contributed by atoms with Crippen LogP contribution in [0.4, 0.5) is 10.8 Å². The highest BCUT2D eigenvalue weighted by atomic mass is 32.2. The van der Waals surface area contributed by atoms with E-state index in [9.17, 15) is 13.5 Å². The fourth-order valence-electron chi connectivity index (χ4n) is 2.47. The Morgan fingerprint density at radius 1 is 1.07 bits per heavy atom. The van der Waals surface area contributed by atoms with Crippen molar-refractivity contribution in [3.05, 3.63) is 41.3 Å². The zero-order valence-corrected chi connectivity index (χ0v) is 17.1. The number of aromatic nitrogens is 2. The number of thiazole rings is 1. The normalized spacial score (nSPS) is 11.3. The van der Waals surface area contributed by atoms with Crippen LogP contribution in [-0.2, 0) is 16.4 Å². The first-order valence-electron chi connectivity index (χ1n) is 8.12. The minimum Gasteiger partial charge on any atom is -0.481 e. The predicted octanol–water partition coefficient (Wildman–Crippen LogP) is 2.86. The second kappa shape index (κ2) is 8.13. The number of sulfone groups is 1. The summed E-state index contributed by atoms with van der Waals surface area (Å²) in [5.74, 6) is 0.745. The van der Waals surface area contributed by atoms with Crippen molar-refractivity contribution in [1.29, 1.82) is 0 Å². The molecule has 3 aromatic rings. The summed E-state index contributed by atoms with van der Waals surface area (Å²) in [6, 6.07) is 9.79. The molecule has 0 saturated heterocycles. The van der Waals surface area contributed by atoms with Crippen LogP contribution in [0.1, 0.15) is 4.88 Å². The summed E-state index contributed by atoms with van der Waals surface area (Å²) in [4.78, 5) is 9.62. The van der Waals surface area contributed by atoms with Gasteiger partial charge in [0.05, 0.1) is 36.3 Å². The second-order valence-corrected chi connectivity index (χ2v) is 8.91. The van der Waals surface area contributed by atoms with Gasteiger partial charge in [-0.25, -0.2) is 13.4 Å². The SMILES string of the molecule is COc1cc(-c2nc(Nc3ccc(S(C)(=O)=O)cc3)sc2CO)cc(OC)n1. The highest BCUT2D eigenvalue weighted by Crippen LogP contribution is 2.35. The molecule has 3 rings (SSSR count). The number of methoxy groups -OCH3 is 2. The maximum Gasteiger partial charge on any atom is 0.216 e. The fraction of sp³-hybridized carbons (Fsp3) is 0.222. The maximum atomic E-state index is 11.6. The largest absolute Gasteiger partial charge is 0.481 e. The average molecular weight is 422 g/mol. The van der Waals surface area contributed by atoms with Crippen molar-refractivity contribution in [3.8, 4) is 23.0 Å². The number of benzene rings is 1. The minimum atomic E-state index is -3.25. The maximum absolute atomic E-state index is 11.6.